The van der Waals surface area contributed by atoms with E-state index in [1.807, 2.05) is 36.7 Å². The number of rotatable bonds is 4. The molecule has 1 aliphatic rings. The van der Waals surface area contributed by atoms with Gasteiger partial charge in [0.2, 0.25) is 5.91 Å². The fourth-order valence-corrected chi connectivity index (χ4v) is 3.58. The number of amides is 1. The normalized spacial score (nSPS) is 13.2. The molecule has 1 amide bonds. The maximum absolute atomic E-state index is 11.5. The fourth-order valence-electron chi connectivity index (χ4n) is 3.32. The van der Waals surface area contributed by atoms with Crippen LogP contribution in [-0.2, 0) is 17.6 Å². The molecule has 4 rings (SSSR count). The first-order valence-corrected chi connectivity index (χ1v) is 9.07. The standard InChI is InChI=1S/C21H19N3OS/c1-14-4-2-3-5-18(14)24-11-10-22-20(24)13-19(26)16-6-8-17-15(12-16)7-9-21(25)23-17/h2-6,8,10-12H,7,9,13H2,1H3,(H,23,25). The van der Waals surface area contributed by atoms with Gasteiger partial charge in [-0.2, -0.15) is 0 Å². The van der Waals surface area contributed by atoms with E-state index in [4.69, 9.17) is 12.2 Å². The summed E-state index contributed by atoms with van der Waals surface area (Å²) in [4.78, 5) is 16.9. The van der Waals surface area contributed by atoms with E-state index in [1.165, 1.54) is 5.56 Å². The van der Waals surface area contributed by atoms with Crippen molar-refractivity contribution >= 4 is 28.7 Å². The van der Waals surface area contributed by atoms with Gasteiger partial charge in [0.25, 0.3) is 0 Å². The van der Waals surface area contributed by atoms with Crippen molar-refractivity contribution in [1.82, 2.24) is 9.55 Å². The van der Waals surface area contributed by atoms with Crippen LogP contribution in [0.15, 0.2) is 54.9 Å². The van der Waals surface area contributed by atoms with Crippen LogP contribution in [0.4, 0.5) is 5.69 Å². The average molecular weight is 361 g/mol. The first-order valence-electron chi connectivity index (χ1n) is 8.66. The molecule has 130 valence electrons. The van der Waals surface area contributed by atoms with Crippen molar-refractivity contribution in [3.8, 4) is 5.69 Å². The second kappa shape index (κ2) is 6.84. The number of aromatic nitrogens is 2. The van der Waals surface area contributed by atoms with E-state index in [1.54, 1.807) is 0 Å². The molecule has 2 heterocycles. The van der Waals surface area contributed by atoms with E-state index in [2.05, 4.69) is 40.0 Å². The van der Waals surface area contributed by atoms with Gasteiger partial charge in [-0.3, -0.25) is 4.79 Å². The highest BCUT2D eigenvalue weighted by molar-refractivity contribution is 7.80. The monoisotopic (exact) mass is 361 g/mol. The SMILES string of the molecule is Cc1ccccc1-n1ccnc1CC(=S)c1ccc2c(c1)CCC(=O)N2. The predicted molar refractivity (Wildman–Crippen MR) is 107 cm³/mol. The Labute approximate surface area is 157 Å². The Bertz CT molecular complexity index is 1010. The van der Waals surface area contributed by atoms with Crippen LogP contribution in [0.25, 0.3) is 5.69 Å². The predicted octanol–water partition coefficient (Wildman–Crippen LogP) is 4.03. The average Bonchev–Trinajstić information content (AvgIpc) is 3.09. The quantitative estimate of drug-likeness (QED) is 0.564. The summed E-state index contributed by atoms with van der Waals surface area (Å²) >= 11 is 5.70. The van der Waals surface area contributed by atoms with E-state index >= 15 is 0 Å². The molecule has 0 spiro atoms. The number of hydrogen-bond acceptors (Lipinski definition) is 3. The smallest absolute Gasteiger partial charge is 0.224 e. The molecule has 0 radical (unpaired) electrons. The number of hydrogen-bond donors (Lipinski definition) is 1. The third-order valence-corrected chi connectivity index (χ3v) is 5.11. The van der Waals surface area contributed by atoms with Gasteiger partial charge in [0, 0.05) is 41.5 Å². The molecule has 4 nitrogen and oxygen atoms in total. The molecule has 0 aliphatic carbocycles. The van der Waals surface area contributed by atoms with Crippen molar-refractivity contribution in [2.24, 2.45) is 0 Å². The number of carbonyl (C=O) groups excluding carboxylic acids is 1. The summed E-state index contributed by atoms with van der Waals surface area (Å²) in [6.45, 7) is 2.09. The molecular formula is C21H19N3OS. The van der Waals surface area contributed by atoms with Crippen LogP contribution < -0.4 is 5.32 Å². The molecule has 1 aromatic heterocycles. The van der Waals surface area contributed by atoms with E-state index in [0.29, 0.717) is 12.8 Å². The van der Waals surface area contributed by atoms with Crippen LogP contribution in [0, 0.1) is 6.92 Å². The van der Waals surface area contributed by atoms with Gasteiger partial charge in [-0.25, -0.2) is 4.98 Å². The van der Waals surface area contributed by atoms with Gasteiger partial charge in [-0.15, -0.1) is 0 Å². The lowest BCUT2D eigenvalue weighted by Crippen LogP contribution is -2.19. The third-order valence-electron chi connectivity index (χ3n) is 4.73. The molecule has 0 bridgehead atoms. The van der Waals surface area contributed by atoms with Gasteiger partial charge in [0.1, 0.15) is 5.82 Å². The minimum atomic E-state index is 0.0769. The van der Waals surface area contributed by atoms with Gasteiger partial charge in [0.05, 0.1) is 0 Å². The second-order valence-electron chi connectivity index (χ2n) is 6.52. The molecule has 1 N–H and O–H groups in total. The van der Waals surface area contributed by atoms with Crippen molar-refractivity contribution in [2.75, 3.05) is 5.32 Å². The molecule has 0 fully saturated rings. The third kappa shape index (κ3) is 3.18. The lowest BCUT2D eigenvalue weighted by Gasteiger charge is -2.18. The molecule has 3 aromatic rings. The lowest BCUT2D eigenvalue weighted by molar-refractivity contribution is -0.116. The zero-order valence-corrected chi connectivity index (χ0v) is 15.3. The van der Waals surface area contributed by atoms with E-state index in [9.17, 15) is 4.79 Å². The number of fused-ring (bicyclic) bond motifs is 1. The van der Waals surface area contributed by atoms with Gasteiger partial charge in [-0.1, -0.05) is 36.5 Å². The molecule has 1 aliphatic heterocycles. The van der Waals surface area contributed by atoms with Crippen LogP contribution in [0.5, 0.6) is 0 Å². The molecular weight excluding hydrogens is 342 g/mol. The molecule has 0 saturated heterocycles. The van der Waals surface area contributed by atoms with Crippen molar-refractivity contribution < 1.29 is 4.79 Å². The van der Waals surface area contributed by atoms with Gasteiger partial charge >= 0.3 is 0 Å². The Kier molecular flexibility index (Phi) is 4.39. The molecule has 0 atom stereocenters. The molecule has 0 unspecified atom stereocenters. The largest absolute Gasteiger partial charge is 0.326 e. The van der Waals surface area contributed by atoms with Crippen LogP contribution >= 0.6 is 12.2 Å². The van der Waals surface area contributed by atoms with Gasteiger partial charge in [0.15, 0.2) is 0 Å². The van der Waals surface area contributed by atoms with Crippen molar-refractivity contribution in [3.05, 3.63) is 77.4 Å². The Morgan fingerprint density at radius 3 is 2.92 bits per heavy atom. The van der Waals surface area contributed by atoms with Gasteiger partial charge in [-0.05, 0) is 48.2 Å². The van der Waals surface area contributed by atoms with Crippen molar-refractivity contribution in [1.29, 1.82) is 0 Å². The minimum Gasteiger partial charge on any atom is -0.326 e. The zero-order valence-electron chi connectivity index (χ0n) is 14.5. The highest BCUT2D eigenvalue weighted by atomic mass is 32.1. The van der Waals surface area contributed by atoms with Crippen LogP contribution in [-0.4, -0.2) is 20.3 Å². The first kappa shape index (κ1) is 16.7. The number of nitrogens with zero attached hydrogens (tertiary/aromatic N) is 2. The summed E-state index contributed by atoms with van der Waals surface area (Å²) in [5.74, 6) is 1.00. The Hall–Kier alpha value is -2.79. The van der Waals surface area contributed by atoms with Crippen LogP contribution in [0.3, 0.4) is 0 Å². The van der Waals surface area contributed by atoms with E-state index in [0.717, 1.165) is 39.6 Å². The summed E-state index contributed by atoms with van der Waals surface area (Å²) in [5, 5.41) is 2.91. The summed E-state index contributed by atoms with van der Waals surface area (Å²) in [7, 11) is 0. The number of para-hydroxylation sites is 1. The number of benzene rings is 2. The van der Waals surface area contributed by atoms with Crippen LogP contribution in [0.2, 0.25) is 0 Å². The fraction of sp³-hybridized carbons (Fsp3) is 0.190. The number of thiocarbonyl (C=S) groups is 1. The number of nitrogens with one attached hydrogen (secondary N) is 1. The van der Waals surface area contributed by atoms with E-state index < -0.39 is 0 Å². The van der Waals surface area contributed by atoms with Gasteiger partial charge < -0.3 is 9.88 Å². The maximum atomic E-state index is 11.5. The Balaban J connectivity index is 1.59. The number of aryl methyl sites for hydroxylation is 2. The Morgan fingerprint density at radius 2 is 2.08 bits per heavy atom. The molecule has 5 heteroatoms. The zero-order chi connectivity index (χ0) is 18.1. The molecule has 0 saturated carbocycles. The topological polar surface area (TPSA) is 46.9 Å². The van der Waals surface area contributed by atoms with E-state index in [-0.39, 0.29) is 5.91 Å². The lowest BCUT2D eigenvalue weighted by atomic mass is 9.98. The summed E-state index contributed by atoms with van der Waals surface area (Å²) in [6.07, 6.45) is 5.67. The summed E-state index contributed by atoms with van der Waals surface area (Å²) in [5.41, 5.74) is 5.38. The summed E-state index contributed by atoms with van der Waals surface area (Å²) in [6, 6.07) is 14.3. The molecule has 26 heavy (non-hydrogen) atoms. The number of imidazole rings is 1. The molecule has 2 aromatic carbocycles. The summed E-state index contributed by atoms with van der Waals surface area (Å²) < 4.78 is 2.10. The van der Waals surface area contributed by atoms with Crippen molar-refractivity contribution in [3.63, 3.8) is 0 Å². The van der Waals surface area contributed by atoms with Crippen LogP contribution in [0.1, 0.15) is 28.9 Å². The number of carbonyl (C=O) groups is 1. The maximum Gasteiger partial charge on any atom is 0.224 e. The highest BCUT2D eigenvalue weighted by Crippen LogP contribution is 2.25. The highest BCUT2D eigenvalue weighted by Gasteiger charge is 2.17. The second-order valence-corrected chi connectivity index (χ2v) is 7.01. The van der Waals surface area contributed by atoms with Crippen molar-refractivity contribution in [2.45, 2.75) is 26.2 Å². The first-order chi connectivity index (χ1) is 12.6. The Morgan fingerprint density at radius 1 is 1.23 bits per heavy atom. The minimum absolute atomic E-state index is 0.0769. The number of anilines is 1.